The fourth-order valence-electron chi connectivity index (χ4n) is 1.85. The molecule has 0 bridgehead atoms. The molecule has 0 aliphatic heterocycles. The zero-order chi connectivity index (χ0) is 13.0. The summed E-state index contributed by atoms with van der Waals surface area (Å²) in [6.07, 6.45) is 2.44. The number of aliphatic hydroxyl groups excluding tert-OH is 1. The number of hydrogen-bond acceptors (Lipinski definition) is 6. The lowest BCUT2D eigenvalue weighted by Crippen LogP contribution is -2.26. The molecule has 3 N–H and O–H groups in total. The van der Waals surface area contributed by atoms with Crippen molar-refractivity contribution in [1.29, 1.82) is 0 Å². The van der Waals surface area contributed by atoms with E-state index in [4.69, 9.17) is 5.11 Å². The van der Waals surface area contributed by atoms with E-state index in [2.05, 4.69) is 37.3 Å². The minimum Gasteiger partial charge on any atom is -0.396 e. The number of anilines is 2. The maximum atomic E-state index is 8.94. The summed E-state index contributed by atoms with van der Waals surface area (Å²) < 4.78 is 0. The zero-order valence-electron chi connectivity index (χ0n) is 10.6. The van der Waals surface area contributed by atoms with E-state index >= 15 is 0 Å². The van der Waals surface area contributed by atoms with Crippen molar-refractivity contribution in [2.45, 2.75) is 13.3 Å². The molecule has 2 aromatic heterocycles. The van der Waals surface area contributed by atoms with Crippen LogP contribution >= 0.6 is 0 Å². The van der Waals surface area contributed by atoms with Gasteiger partial charge in [-0.3, -0.25) is 5.10 Å². The van der Waals surface area contributed by atoms with Crippen molar-refractivity contribution in [1.82, 2.24) is 20.2 Å². The summed E-state index contributed by atoms with van der Waals surface area (Å²) in [5.74, 6) is 1.40. The molecule has 0 aliphatic rings. The number of hydrogen-bond donors (Lipinski definition) is 3. The van der Waals surface area contributed by atoms with Crippen LogP contribution < -0.4 is 10.2 Å². The first-order valence-electron chi connectivity index (χ1n) is 6.04. The molecule has 0 saturated heterocycles. The second-order valence-corrected chi connectivity index (χ2v) is 3.91. The van der Waals surface area contributed by atoms with Gasteiger partial charge in [0.05, 0.1) is 11.6 Å². The van der Waals surface area contributed by atoms with Gasteiger partial charge in [0, 0.05) is 26.7 Å². The van der Waals surface area contributed by atoms with Crippen molar-refractivity contribution in [2.75, 3.05) is 37.0 Å². The van der Waals surface area contributed by atoms with Crippen molar-refractivity contribution in [3.63, 3.8) is 0 Å². The average molecular weight is 250 g/mol. The summed E-state index contributed by atoms with van der Waals surface area (Å²) in [4.78, 5) is 10.9. The predicted octanol–water partition coefficient (Wildman–Crippen LogP) is 0.603. The van der Waals surface area contributed by atoms with Gasteiger partial charge in [0.2, 0.25) is 5.95 Å². The maximum Gasteiger partial charge on any atom is 0.226 e. The molecule has 2 heterocycles. The van der Waals surface area contributed by atoms with Crippen LogP contribution in [-0.2, 0) is 0 Å². The zero-order valence-corrected chi connectivity index (χ0v) is 10.6. The summed E-state index contributed by atoms with van der Waals surface area (Å²) in [5.41, 5.74) is 0.715. The Balaban J connectivity index is 2.42. The molecule has 7 nitrogen and oxygen atoms in total. The molecule has 2 aromatic rings. The van der Waals surface area contributed by atoms with E-state index in [1.165, 1.54) is 0 Å². The van der Waals surface area contributed by atoms with Gasteiger partial charge in [0.25, 0.3) is 0 Å². The highest BCUT2D eigenvalue weighted by Crippen LogP contribution is 2.23. The van der Waals surface area contributed by atoms with E-state index < -0.39 is 0 Å². The lowest BCUT2D eigenvalue weighted by Gasteiger charge is -2.22. The van der Waals surface area contributed by atoms with Crippen molar-refractivity contribution in [3.8, 4) is 0 Å². The van der Waals surface area contributed by atoms with E-state index in [1.54, 1.807) is 13.2 Å². The van der Waals surface area contributed by atoms with Gasteiger partial charge in [-0.05, 0) is 13.3 Å². The normalized spacial score (nSPS) is 10.8. The summed E-state index contributed by atoms with van der Waals surface area (Å²) >= 11 is 0. The van der Waals surface area contributed by atoms with Crippen molar-refractivity contribution in [2.24, 2.45) is 0 Å². The molecule has 18 heavy (non-hydrogen) atoms. The molecule has 0 aliphatic carbocycles. The molecular weight excluding hydrogens is 232 g/mol. The standard InChI is InChI=1S/C11H18N6O/c1-3-17(5-4-6-18)10-8-7-13-16-9(8)14-11(12-2)15-10/h7,18H,3-6H2,1-2H3,(H2,12,13,14,15,16). The summed E-state index contributed by atoms with van der Waals surface area (Å²) in [6.45, 7) is 3.81. The van der Waals surface area contributed by atoms with E-state index in [-0.39, 0.29) is 6.61 Å². The number of aliphatic hydroxyl groups is 1. The second-order valence-electron chi connectivity index (χ2n) is 3.91. The van der Waals surface area contributed by atoms with Crippen LogP contribution in [0.15, 0.2) is 6.20 Å². The summed E-state index contributed by atoms with van der Waals surface area (Å²) in [6, 6.07) is 0. The monoisotopic (exact) mass is 250 g/mol. The fraction of sp³-hybridized carbons (Fsp3) is 0.545. The van der Waals surface area contributed by atoms with Crippen LogP contribution in [0.1, 0.15) is 13.3 Å². The number of fused-ring (bicyclic) bond motifs is 1. The molecule has 0 atom stereocenters. The number of H-pyrrole nitrogens is 1. The van der Waals surface area contributed by atoms with Gasteiger partial charge in [-0.25, -0.2) is 0 Å². The summed E-state index contributed by atoms with van der Waals surface area (Å²) in [7, 11) is 1.78. The molecule has 0 aromatic carbocycles. The highest BCUT2D eigenvalue weighted by Gasteiger charge is 2.14. The first-order chi connectivity index (χ1) is 8.80. The molecule has 0 saturated carbocycles. The van der Waals surface area contributed by atoms with Crippen molar-refractivity contribution >= 4 is 22.8 Å². The van der Waals surface area contributed by atoms with Gasteiger partial charge in [0.15, 0.2) is 5.65 Å². The van der Waals surface area contributed by atoms with Gasteiger partial charge in [0.1, 0.15) is 5.82 Å². The Kier molecular flexibility index (Phi) is 3.93. The third-order valence-electron chi connectivity index (χ3n) is 2.78. The Morgan fingerprint density at radius 1 is 1.44 bits per heavy atom. The molecule has 0 radical (unpaired) electrons. The van der Waals surface area contributed by atoms with Crippen LogP contribution in [0.3, 0.4) is 0 Å². The number of aromatic nitrogens is 4. The SMILES string of the molecule is CCN(CCCO)c1nc(NC)nc2[nH]ncc12. The van der Waals surface area contributed by atoms with E-state index in [1.807, 2.05) is 0 Å². The first kappa shape index (κ1) is 12.6. The minimum atomic E-state index is 0.176. The lowest BCUT2D eigenvalue weighted by atomic mass is 10.3. The van der Waals surface area contributed by atoms with E-state index in [0.29, 0.717) is 18.0 Å². The van der Waals surface area contributed by atoms with Crippen molar-refractivity contribution in [3.05, 3.63) is 6.20 Å². The average Bonchev–Trinajstić information content (AvgIpc) is 2.87. The number of nitrogens with zero attached hydrogens (tertiary/aromatic N) is 4. The minimum absolute atomic E-state index is 0.176. The van der Waals surface area contributed by atoms with Gasteiger partial charge in [-0.1, -0.05) is 0 Å². The largest absolute Gasteiger partial charge is 0.396 e. The van der Waals surface area contributed by atoms with Crippen molar-refractivity contribution < 1.29 is 5.11 Å². The number of aromatic amines is 1. The number of rotatable bonds is 6. The second kappa shape index (κ2) is 5.63. The third-order valence-corrected chi connectivity index (χ3v) is 2.78. The van der Waals surface area contributed by atoms with Crippen LogP contribution in [0, 0.1) is 0 Å². The topological polar surface area (TPSA) is 90.0 Å². The molecule has 0 amide bonds. The Labute approximate surface area is 105 Å². The molecule has 2 rings (SSSR count). The Hall–Kier alpha value is -1.89. The highest BCUT2D eigenvalue weighted by molar-refractivity contribution is 5.87. The Morgan fingerprint density at radius 3 is 2.94 bits per heavy atom. The van der Waals surface area contributed by atoms with Crippen LogP contribution in [0.5, 0.6) is 0 Å². The van der Waals surface area contributed by atoms with Crippen LogP contribution in [0.4, 0.5) is 11.8 Å². The lowest BCUT2D eigenvalue weighted by molar-refractivity contribution is 0.289. The molecule has 98 valence electrons. The van der Waals surface area contributed by atoms with Gasteiger partial charge in [-0.2, -0.15) is 15.1 Å². The van der Waals surface area contributed by atoms with E-state index in [9.17, 15) is 0 Å². The Morgan fingerprint density at radius 2 is 2.28 bits per heavy atom. The first-order valence-corrected chi connectivity index (χ1v) is 6.04. The Bertz CT molecular complexity index is 511. The fourth-order valence-corrected chi connectivity index (χ4v) is 1.85. The molecular formula is C11H18N6O. The molecule has 0 spiro atoms. The number of nitrogens with one attached hydrogen (secondary N) is 2. The summed E-state index contributed by atoms with van der Waals surface area (Å²) in [5, 5.41) is 19.6. The smallest absolute Gasteiger partial charge is 0.226 e. The molecule has 0 unspecified atom stereocenters. The van der Waals surface area contributed by atoms with E-state index in [0.717, 1.165) is 24.3 Å². The maximum absolute atomic E-state index is 8.94. The third kappa shape index (κ3) is 2.35. The van der Waals surface area contributed by atoms with Gasteiger partial charge >= 0.3 is 0 Å². The van der Waals surface area contributed by atoms with Crippen LogP contribution in [0.2, 0.25) is 0 Å². The quantitative estimate of drug-likeness (QED) is 0.695. The predicted molar refractivity (Wildman–Crippen MR) is 70.8 cm³/mol. The van der Waals surface area contributed by atoms with Gasteiger partial charge in [-0.15, -0.1) is 0 Å². The van der Waals surface area contributed by atoms with Crippen LogP contribution in [0.25, 0.3) is 11.0 Å². The highest BCUT2D eigenvalue weighted by atomic mass is 16.3. The molecule has 7 heteroatoms. The van der Waals surface area contributed by atoms with Gasteiger partial charge < -0.3 is 15.3 Å². The van der Waals surface area contributed by atoms with Crippen LogP contribution in [-0.4, -0.2) is 52.0 Å². The molecule has 0 fully saturated rings.